The van der Waals surface area contributed by atoms with E-state index in [9.17, 15) is 22.8 Å². The van der Waals surface area contributed by atoms with Crippen molar-refractivity contribution in [3.8, 4) is 0 Å². The summed E-state index contributed by atoms with van der Waals surface area (Å²) in [7, 11) is 0. The second-order valence-corrected chi connectivity index (χ2v) is 8.42. The third-order valence-corrected chi connectivity index (χ3v) is 5.54. The van der Waals surface area contributed by atoms with Crippen LogP contribution in [0.25, 0.3) is 10.9 Å². The van der Waals surface area contributed by atoms with Crippen LogP contribution in [0.5, 0.6) is 0 Å². The Labute approximate surface area is 194 Å². The van der Waals surface area contributed by atoms with E-state index in [2.05, 4.69) is 20.2 Å². The van der Waals surface area contributed by atoms with Crippen LogP contribution in [0.1, 0.15) is 13.8 Å². The number of pyridine rings is 1. The van der Waals surface area contributed by atoms with Gasteiger partial charge in [0.1, 0.15) is 18.1 Å². The van der Waals surface area contributed by atoms with Crippen LogP contribution in [0.2, 0.25) is 0 Å². The standard InChI is InChI=1S/C23H25F3N6O2/c1-14(2)28-19-4-3-7-27-21(19)31-8-9-32(17(12-31)13-33)20-11-15-10-16(5-6-18(15)30-20)29-22(34)23(24,25)26/h3-7,10-11,13-14,17,28,30H,8-9,12H2,1-2H3,(H,29,34). The summed E-state index contributed by atoms with van der Waals surface area (Å²) in [5.74, 6) is -0.572. The van der Waals surface area contributed by atoms with Gasteiger partial charge in [0.2, 0.25) is 0 Å². The zero-order chi connectivity index (χ0) is 24.5. The second-order valence-electron chi connectivity index (χ2n) is 8.42. The minimum Gasteiger partial charge on any atom is -0.380 e. The molecule has 4 rings (SSSR count). The van der Waals surface area contributed by atoms with Gasteiger partial charge in [-0.15, -0.1) is 0 Å². The molecule has 0 bridgehead atoms. The number of piperazine rings is 1. The number of H-pyrrole nitrogens is 1. The molecule has 1 fully saturated rings. The van der Waals surface area contributed by atoms with Gasteiger partial charge in [-0.1, -0.05) is 0 Å². The molecule has 1 saturated heterocycles. The van der Waals surface area contributed by atoms with Gasteiger partial charge in [0.05, 0.1) is 5.69 Å². The Morgan fingerprint density at radius 1 is 1.24 bits per heavy atom. The first-order chi connectivity index (χ1) is 16.2. The van der Waals surface area contributed by atoms with Crippen molar-refractivity contribution in [3.05, 3.63) is 42.6 Å². The number of anilines is 4. The van der Waals surface area contributed by atoms with Gasteiger partial charge in [0.15, 0.2) is 5.82 Å². The lowest BCUT2D eigenvalue weighted by molar-refractivity contribution is -0.167. The smallest absolute Gasteiger partial charge is 0.380 e. The van der Waals surface area contributed by atoms with E-state index in [1.807, 2.05) is 36.2 Å². The average Bonchev–Trinajstić information content (AvgIpc) is 3.21. The Bertz CT molecular complexity index is 1190. The molecule has 0 radical (unpaired) electrons. The highest BCUT2D eigenvalue weighted by Crippen LogP contribution is 2.30. The van der Waals surface area contributed by atoms with Crippen molar-refractivity contribution in [3.63, 3.8) is 0 Å². The van der Waals surface area contributed by atoms with Crippen LogP contribution in [0.15, 0.2) is 42.6 Å². The summed E-state index contributed by atoms with van der Waals surface area (Å²) in [6.07, 6.45) is -2.37. The molecule has 2 aromatic heterocycles. The first-order valence-electron chi connectivity index (χ1n) is 10.8. The summed E-state index contributed by atoms with van der Waals surface area (Å²) in [6.45, 7) is 5.66. The number of hydrogen-bond donors (Lipinski definition) is 3. The number of nitrogens with one attached hydrogen (secondary N) is 3. The number of aromatic nitrogens is 2. The molecule has 3 heterocycles. The van der Waals surface area contributed by atoms with Crippen molar-refractivity contribution in [2.75, 3.05) is 40.1 Å². The molecule has 0 aliphatic carbocycles. The van der Waals surface area contributed by atoms with E-state index in [0.29, 0.717) is 36.4 Å². The Hall–Kier alpha value is -3.76. The van der Waals surface area contributed by atoms with Crippen LogP contribution >= 0.6 is 0 Å². The number of carbonyl (C=O) groups is 2. The van der Waals surface area contributed by atoms with Crippen LogP contribution in [-0.4, -0.2) is 60.1 Å². The molecule has 11 heteroatoms. The highest BCUT2D eigenvalue weighted by molar-refractivity contribution is 5.97. The number of aldehydes is 1. The van der Waals surface area contributed by atoms with E-state index in [4.69, 9.17) is 0 Å². The fourth-order valence-electron chi connectivity index (χ4n) is 4.04. The zero-order valence-electron chi connectivity index (χ0n) is 18.7. The number of alkyl halides is 3. The minimum atomic E-state index is -4.96. The molecule has 3 N–H and O–H groups in total. The minimum absolute atomic E-state index is 0.0393. The van der Waals surface area contributed by atoms with Gasteiger partial charge in [-0.3, -0.25) is 4.79 Å². The van der Waals surface area contributed by atoms with Crippen molar-refractivity contribution >= 4 is 46.1 Å². The molecule has 1 unspecified atom stereocenters. The summed E-state index contributed by atoms with van der Waals surface area (Å²) in [4.78, 5) is 34.9. The van der Waals surface area contributed by atoms with Gasteiger partial charge < -0.3 is 30.2 Å². The lowest BCUT2D eigenvalue weighted by Crippen LogP contribution is -2.54. The Morgan fingerprint density at radius 3 is 2.74 bits per heavy atom. The maximum absolute atomic E-state index is 12.5. The van der Waals surface area contributed by atoms with Crippen LogP contribution in [0.4, 0.5) is 36.2 Å². The third-order valence-electron chi connectivity index (χ3n) is 5.54. The number of halogens is 3. The SMILES string of the molecule is CC(C)Nc1cccnc1N1CCN(c2cc3cc(NC(=O)C(F)(F)F)ccc3[nH]2)C(C=O)C1. The number of carbonyl (C=O) groups excluding carboxylic acids is 2. The van der Waals surface area contributed by atoms with Crippen LogP contribution in [0, 0.1) is 0 Å². The Morgan fingerprint density at radius 2 is 2.03 bits per heavy atom. The summed E-state index contributed by atoms with van der Waals surface area (Å²) in [6, 6.07) is 9.79. The van der Waals surface area contributed by atoms with Crippen molar-refractivity contribution in [1.82, 2.24) is 9.97 Å². The molecule has 0 saturated carbocycles. The molecule has 1 aliphatic heterocycles. The summed E-state index contributed by atoms with van der Waals surface area (Å²) >= 11 is 0. The van der Waals surface area contributed by atoms with Gasteiger partial charge in [0, 0.05) is 48.5 Å². The van der Waals surface area contributed by atoms with E-state index in [1.54, 1.807) is 18.3 Å². The normalized spacial score (nSPS) is 16.7. The summed E-state index contributed by atoms with van der Waals surface area (Å²) in [5, 5.41) is 5.86. The van der Waals surface area contributed by atoms with Gasteiger partial charge in [0.25, 0.3) is 0 Å². The monoisotopic (exact) mass is 474 g/mol. The molecule has 180 valence electrons. The van der Waals surface area contributed by atoms with E-state index in [-0.39, 0.29) is 11.7 Å². The van der Waals surface area contributed by atoms with Crippen LogP contribution < -0.4 is 20.4 Å². The molecule has 8 nitrogen and oxygen atoms in total. The van der Waals surface area contributed by atoms with Gasteiger partial charge >= 0.3 is 12.1 Å². The third kappa shape index (κ3) is 4.92. The first-order valence-corrected chi connectivity index (χ1v) is 10.8. The average molecular weight is 474 g/mol. The second kappa shape index (κ2) is 9.24. The van der Waals surface area contributed by atoms with E-state index >= 15 is 0 Å². The maximum Gasteiger partial charge on any atom is 0.471 e. The highest BCUT2D eigenvalue weighted by atomic mass is 19.4. The van der Waals surface area contributed by atoms with E-state index in [0.717, 1.165) is 17.8 Å². The predicted molar refractivity (Wildman–Crippen MR) is 125 cm³/mol. The largest absolute Gasteiger partial charge is 0.471 e. The Kier molecular flexibility index (Phi) is 6.36. The van der Waals surface area contributed by atoms with Crippen LogP contribution in [-0.2, 0) is 9.59 Å². The quantitative estimate of drug-likeness (QED) is 0.471. The molecule has 1 amide bonds. The number of aromatic amines is 1. The van der Waals surface area contributed by atoms with Crippen LogP contribution in [0.3, 0.4) is 0 Å². The molecule has 1 aliphatic rings. The molecule has 1 aromatic carbocycles. The summed E-state index contributed by atoms with van der Waals surface area (Å²) < 4.78 is 37.6. The lowest BCUT2D eigenvalue weighted by atomic mass is 10.1. The number of nitrogens with zero attached hydrogens (tertiary/aromatic N) is 3. The lowest BCUT2D eigenvalue weighted by Gasteiger charge is -2.40. The maximum atomic E-state index is 12.5. The zero-order valence-corrected chi connectivity index (χ0v) is 18.7. The van der Waals surface area contributed by atoms with E-state index in [1.165, 1.54) is 12.1 Å². The molecule has 0 spiro atoms. The van der Waals surface area contributed by atoms with Gasteiger partial charge in [-0.25, -0.2) is 4.98 Å². The van der Waals surface area contributed by atoms with E-state index < -0.39 is 18.1 Å². The Balaban J connectivity index is 1.53. The molecule has 1 atom stereocenters. The van der Waals surface area contributed by atoms with Crippen molar-refractivity contribution < 1.29 is 22.8 Å². The number of fused-ring (bicyclic) bond motifs is 1. The summed E-state index contributed by atoms with van der Waals surface area (Å²) in [5.41, 5.74) is 1.62. The molecular formula is C23H25F3N6O2. The first kappa shape index (κ1) is 23.4. The molecule has 34 heavy (non-hydrogen) atoms. The fraction of sp³-hybridized carbons (Fsp3) is 0.348. The topological polar surface area (TPSA) is 93.4 Å². The number of hydrogen-bond acceptors (Lipinski definition) is 6. The molecular weight excluding hydrogens is 449 g/mol. The predicted octanol–water partition coefficient (Wildman–Crippen LogP) is 3.78. The number of amides is 1. The number of rotatable bonds is 6. The fourth-order valence-corrected chi connectivity index (χ4v) is 4.04. The number of benzene rings is 1. The van der Waals surface area contributed by atoms with Crippen molar-refractivity contribution in [2.45, 2.75) is 32.1 Å². The van der Waals surface area contributed by atoms with Gasteiger partial charge in [-0.2, -0.15) is 13.2 Å². The molecule has 3 aromatic rings. The van der Waals surface area contributed by atoms with Gasteiger partial charge in [-0.05, 0) is 50.2 Å². The van der Waals surface area contributed by atoms with Crippen molar-refractivity contribution in [2.24, 2.45) is 0 Å². The van der Waals surface area contributed by atoms with Crippen molar-refractivity contribution in [1.29, 1.82) is 0 Å². The highest BCUT2D eigenvalue weighted by Gasteiger charge is 2.38.